The average molecular weight is 525 g/mol. The number of nitrogens with zero attached hydrogens (tertiary/aromatic N) is 4. The summed E-state index contributed by atoms with van der Waals surface area (Å²) in [5.74, 6) is 0.927. The summed E-state index contributed by atoms with van der Waals surface area (Å²) in [7, 11) is 0. The van der Waals surface area contributed by atoms with Gasteiger partial charge in [0.15, 0.2) is 0 Å². The molecule has 2 N–H and O–H groups in total. The van der Waals surface area contributed by atoms with Crippen LogP contribution >= 0.6 is 0 Å². The second-order valence-corrected chi connectivity index (χ2v) is 8.46. The van der Waals surface area contributed by atoms with E-state index in [0.717, 1.165) is 41.9 Å². The van der Waals surface area contributed by atoms with Gasteiger partial charge in [-0.25, -0.2) is 14.8 Å². The highest BCUT2D eigenvalue weighted by Gasteiger charge is 2.32. The van der Waals surface area contributed by atoms with Crippen molar-refractivity contribution >= 4 is 28.3 Å². The molecule has 0 unspecified atom stereocenters. The Morgan fingerprint density at radius 1 is 1.00 bits per heavy atom. The molecule has 38 heavy (non-hydrogen) atoms. The molecular formula is C26H23F3N6O3. The lowest BCUT2D eigenvalue weighted by molar-refractivity contribution is -0.141. The van der Waals surface area contributed by atoms with Crippen LogP contribution in [-0.2, 0) is 17.5 Å². The molecular weight excluding hydrogens is 501 g/mol. The van der Waals surface area contributed by atoms with Crippen LogP contribution < -0.4 is 20.3 Å². The summed E-state index contributed by atoms with van der Waals surface area (Å²) in [5.41, 5.74) is 1.78. The fourth-order valence-corrected chi connectivity index (χ4v) is 3.89. The smallest absolute Gasteiger partial charge is 0.433 e. The average Bonchev–Trinajstić information content (AvgIpc) is 2.93. The molecule has 0 saturated carbocycles. The third kappa shape index (κ3) is 6.09. The first-order valence-electron chi connectivity index (χ1n) is 11.8. The van der Waals surface area contributed by atoms with Crippen molar-refractivity contribution in [1.29, 1.82) is 0 Å². The minimum Gasteiger partial charge on any atom is -0.438 e. The highest BCUT2D eigenvalue weighted by atomic mass is 19.4. The summed E-state index contributed by atoms with van der Waals surface area (Å²) in [5, 5.41) is 6.01. The summed E-state index contributed by atoms with van der Waals surface area (Å²) in [6.07, 6.45) is -1.98. The maximum Gasteiger partial charge on any atom is 0.433 e. The van der Waals surface area contributed by atoms with E-state index in [1.807, 2.05) is 18.2 Å². The number of hydrogen-bond donors (Lipinski definition) is 2. The molecule has 0 spiro atoms. The number of benzene rings is 2. The maximum absolute atomic E-state index is 12.6. The Morgan fingerprint density at radius 2 is 1.79 bits per heavy atom. The highest BCUT2D eigenvalue weighted by Crippen LogP contribution is 2.30. The molecule has 1 fully saturated rings. The van der Waals surface area contributed by atoms with Gasteiger partial charge in [0, 0.05) is 37.2 Å². The van der Waals surface area contributed by atoms with E-state index in [2.05, 4.69) is 30.5 Å². The Morgan fingerprint density at radius 3 is 2.50 bits per heavy atom. The first-order chi connectivity index (χ1) is 18.3. The summed E-state index contributed by atoms with van der Waals surface area (Å²) in [6, 6.07) is 14.3. The number of aromatic nitrogens is 3. The first-order valence-corrected chi connectivity index (χ1v) is 11.8. The number of urea groups is 1. The van der Waals surface area contributed by atoms with Gasteiger partial charge in [-0.05, 0) is 54.1 Å². The molecule has 2 amide bonds. The number of pyridine rings is 1. The number of nitrogens with one attached hydrogen (secondary N) is 2. The van der Waals surface area contributed by atoms with Gasteiger partial charge in [-0.15, -0.1) is 0 Å². The van der Waals surface area contributed by atoms with Gasteiger partial charge in [-0.3, -0.25) is 4.98 Å². The molecule has 0 bridgehead atoms. The summed E-state index contributed by atoms with van der Waals surface area (Å²) in [4.78, 5) is 26.5. The predicted molar refractivity (Wildman–Crippen MR) is 134 cm³/mol. The number of carbonyl (C=O) groups is 1. The summed E-state index contributed by atoms with van der Waals surface area (Å²) >= 11 is 0. The van der Waals surface area contributed by atoms with E-state index in [9.17, 15) is 18.0 Å². The van der Waals surface area contributed by atoms with Gasteiger partial charge in [0.25, 0.3) is 0 Å². The number of amides is 2. The molecule has 4 aromatic rings. The molecule has 1 aliphatic heterocycles. The SMILES string of the molecule is O=C(NCc1ccc(C(F)(F)F)nc1)Nc1ccc(Oc2ncnc3cc(N4CCOCC4)ccc23)cc1. The lowest BCUT2D eigenvalue weighted by Gasteiger charge is -2.28. The number of morpholine rings is 1. The number of anilines is 2. The van der Waals surface area contributed by atoms with Crippen LogP contribution in [0.2, 0.25) is 0 Å². The maximum atomic E-state index is 12.6. The molecule has 1 saturated heterocycles. The lowest BCUT2D eigenvalue weighted by Crippen LogP contribution is -2.36. The van der Waals surface area contributed by atoms with Gasteiger partial charge in [-0.1, -0.05) is 6.07 Å². The van der Waals surface area contributed by atoms with Crippen LogP contribution in [0, 0.1) is 0 Å². The van der Waals surface area contributed by atoms with Gasteiger partial charge >= 0.3 is 12.2 Å². The quantitative estimate of drug-likeness (QED) is 0.366. The van der Waals surface area contributed by atoms with Crippen molar-refractivity contribution in [2.45, 2.75) is 12.7 Å². The number of carbonyl (C=O) groups excluding carboxylic acids is 1. The number of ether oxygens (including phenoxy) is 2. The van der Waals surface area contributed by atoms with Gasteiger partial charge in [-0.2, -0.15) is 13.2 Å². The van der Waals surface area contributed by atoms with Crippen molar-refractivity contribution in [1.82, 2.24) is 20.3 Å². The molecule has 1 aliphatic rings. The molecule has 2 aromatic carbocycles. The molecule has 5 rings (SSSR count). The Kier molecular flexibility index (Phi) is 7.22. The largest absolute Gasteiger partial charge is 0.438 e. The number of fused-ring (bicyclic) bond motifs is 1. The van der Waals surface area contributed by atoms with Crippen molar-refractivity contribution in [3.8, 4) is 11.6 Å². The second-order valence-electron chi connectivity index (χ2n) is 8.46. The zero-order valence-electron chi connectivity index (χ0n) is 20.0. The van der Waals surface area contributed by atoms with Crippen molar-refractivity contribution in [3.63, 3.8) is 0 Å². The van der Waals surface area contributed by atoms with Gasteiger partial charge in [0.2, 0.25) is 5.88 Å². The number of halogens is 3. The van der Waals surface area contributed by atoms with Crippen LogP contribution in [0.4, 0.5) is 29.3 Å². The van der Waals surface area contributed by atoms with Crippen molar-refractivity contribution < 1.29 is 27.4 Å². The number of alkyl halides is 3. The highest BCUT2D eigenvalue weighted by molar-refractivity contribution is 5.89. The van der Waals surface area contributed by atoms with Crippen molar-refractivity contribution in [3.05, 3.63) is 78.4 Å². The fraction of sp³-hybridized carbons (Fsp3) is 0.231. The zero-order valence-corrected chi connectivity index (χ0v) is 20.0. The van der Waals surface area contributed by atoms with Crippen LogP contribution in [0.5, 0.6) is 11.6 Å². The Balaban J connectivity index is 1.18. The van der Waals surface area contributed by atoms with Crippen molar-refractivity contribution in [2.75, 3.05) is 36.5 Å². The van der Waals surface area contributed by atoms with E-state index in [1.165, 1.54) is 12.4 Å². The third-order valence-electron chi connectivity index (χ3n) is 5.85. The Labute approximate surface area is 215 Å². The fourth-order valence-electron chi connectivity index (χ4n) is 3.89. The lowest BCUT2D eigenvalue weighted by atomic mass is 10.2. The Hall–Kier alpha value is -4.45. The normalized spacial score (nSPS) is 13.8. The van der Waals surface area contributed by atoms with Crippen LogP contribution in [0.3, 0.4) is 0 Å². The molecule has 0 atom stereocenters. The van der Waals surface area contributed by atoms with Crippen LogP contribution in [0.25, 0.3) is 10.9 Å². The molecule has 0 aliphatic carbocycles. The standard InChI is InChI=1S/C26H23F3N6O3/c27-26(28,29)23-8-1-17(14-30-23)15-31-25(36)34-18-2-5-20(6-3-18)38-24-21-7-4-19(13-22(21)32-16-33-24)35-9-11-37-12-10-35/h1-8,13-14,16H,9-12,15H2,(H2,31,34,36). The van der Waals surface area contributed by atoms with E-state index < -0.39 is 17.9 Å². The Bertz CT molecular complexity index is 1410. The minimum absolute atomic E-state index is 0.0200. The molecule has 196 valence electrons. The van der Waals surface area contributed by atoms with E-state index in [1.54, 1.807) is 24.3 Å². The topological polar surface area (TPSA) is 102 Å². The summed E-state index contributed by atoms with van der Waals surface area (Å²) < 4.78 is 49.2. The predicted octanol–water partition coefficient (Wildman–Crippen LogP) is 4.99. The van der Waals surface area contributed by atoms with Gasteiger partial charge < -0.3 is 25.0 Å². The molecule has 9 nitrogen and oxygen atoms in total. The van der Waals surface area contributed by atoms with Crippen LogP contribution in [0.1, 0.15) is 11.3 Å². The molecule has 12 heteroatoms. The van der Waals surface area contributed by atoms with Crippen molar-refractivity contribution in [2.24, 2.45) is 0 Å². The molecule has 3 heterocycles. The number of rotatable bonds is 6. The van der Waals surface area contributed by atoms with E-state index in [4.69, 9.17) is 9.47 Å². The molecule has 0 radical (unpaired) electrons. The summed E-state index contributed by atoms with van der Waals surface area (Å²) in [6.45, 7) is 3.06. The van der Waals surface area contributed by atoms with E-state index >= 15 is 0 Å². The first kappa shape index (κ1) is 25.2. The van der Waals surface area contributed by atoms with E-state index in [-0.39, 0.29) is 6.54 Å². The number of hydrogen-bond acceptors (Lipinski definition) is 7. The zero-order chi connectivity index (χ0) is 26.5. The monoisotopic (exact) mass is 524 g/mol. The van der Waals surface area contributed by atoms with Gasteiger partial charge in [0.1, 0.15) is 17.8 Å². The van der Waals surface area contributed by atoms with Crippen LogP contribution in [-0.4, -0.2) is 47.3 Å². The molecule has 2 aromatic heterocycles. The van der Waals surface area contributed by atoms with Crippen LogP contribution in [0.15, 0.2) is 67.1 Å². The van der Waals surface area contributed by atoms with Gasteiger partial charge in [0.05, 0.1) is 24.1 Å². The van der Waals surface area contributed by atoms with E-state index in [0.29, 0.717) is 36.1 Å². The minimum atomic E-state index is -4.51. The second kappa shape index (κ2) is 10.9. The third-order valence-corrected chi connectivity index (χ3v) is 5.85.